The molecule has 4 saturated heterocycles. The molecule has 602 valence electrons. The van der Waals surface area contributed by atoms with Gasteiger partial charge in [0.05, 0.1) is 62.3 Å². The second-order valence-electron chi connectivity index (χ2n) is 25.9. The zero-order valence-corrected chi connectivity index (χ0v) is 57.7. The Labute approximate surface area is 611 Å². The number of likely N-dealkylation sites (tertiary alicyclic amines) is 2. The summed E-state index contributed by atoms with van der Waals surface area (Å²) in [6.07, 6.45) is -17.2. The molecule has 12 rings (SSSR count). The number of amides is 2. The Morgan fingerprint density at radius 2 is 0.855 bits per heavy atom. The van der Waals surface area contributed by atoms with Crippen molar-refractivity contribution in [2.24, 2.45) is 11.8 Å². The van der Waals surface area contributed by atoms with E-state index >= 15 is 0 Å². The van der Waals surface area contributed by atoms with E-state index < -0.39 is 122 Å². The van der Waals surface area contributed by atoms with Gasteiger partial charge in [-0.3, -0.25) is 19.4 Å². The van der Waals surface area contributed by atoms with Crippen LogP contribution in [0.25, 0.3) is 65.2 Å². The Hall–Kier alpha value is -9.60. The van der Waals surface area contributed by atoms with Gasteiger partial charge in [0.15, 0.2) is 37.9 Å². The normalized spacial score (nSPS) is 22.3. The van der Waals surface area contributed by atoms with Gasteiger partial charge in [0.1, 0.15) is 60.1 Å². The van der Waals surface area contributed by atoms with Gasteiger partial charge in [0.25, 0.3) is 23.4 Å². The first-order chi connectivity index (χ1) is 51.4. The van der Waals surface area contributed by atoms with E-state index in [1.165, 1.54) is 25.7 Å². The average molecular weight is 1580 g/mol. The lowest BCUT2D eigenvalue weighted by atomic mass is 9.79. The number of pyridine rings is 2. The molecule has 4 fully saturated rings. The van der Waals surface area contributed by atoms with Crippen molar-refractivity contribution in [3.05, 3.63) is 96.6 Å². The van der Waals surface area contributed by atoms with Crippen LogP contribution in [0.15, 0.2) is 85.5 Å². The number of halogens is 12. The van der Waals surface area contributed by atoms with Crippen molar-refractivity contribution >= 4 is 101 Å². The third-order valence-electron chi connectivity index (χ3n) is 18.9. The summed E-state index contributed by atoms with van der Waals surface area (Å²) in [5.74, 6) is -16.3. The van der Waals surface area contributed by atoms with Crippen LogP contribution in [0.2, 0.25) is 0 Å². The molecular formula is C68H74F12N8O22. The number of carboxylic acids is 4. The maximum atomic E-state index is 13.3. The number of nitrogens with one attached hydrogen (secondary N) is 4. The highest BCUT2D eigenvalue weighted by Gasteiger charge is 2.59. The molecule has 14 N–H and O–H groups in total. The predicted molar refractivity (Wildman–Crippen MR) is 349 cm³/mol. The first kappa shape index (κ1) is 86.0. The molecule has 2 amide bonds. The fourth-order valence-corrected chi connectivity index (χ4v) is 13.2. The number of aliphatic hydroxyl groups is 8. The molecule has 0 bridgehead atoms. The Kier molecular flexibility index (Phi) is 27.2. The summed E-state index contributed by atoms with van der Waals surface area (Å²) in [6, 6.07) is 19.8. The van der Waals surface area contributed by atoms with Crippen molar-refractivity contribution in [1.29, 1.82) is 0 Å². The number of fused-ring (bicyclic) bond motifs is 10. The smallest absolute Gasteiger partial charge is 0.490 e. The van der Waals surface area contributed by atoms with Crippen LogP contribution in [0.5, 0.6) is 11.5 Å². The molecule has 4 aliphatic rings. The lowest BCUT2D eigenvalue weighted by molar-refractivity contribution is -0.695. The quantitative estimate of drug-likeness (QED) is 0.0440. The van der Waals surface area contributed by atoms with E-state index in [4.69, 9.17) is 58.6 Å². The van der Waals surface area contributed by atoms with Crippen LogP contribution in [-0.2, 0) is 64.4 Å². The van der Waals surface area contributed by atoms with Gasteiger partial charge in [-0.2, -0.15) is 52.7 Å². The number of rotatable bonds is 17. The summed E-state index contributed by atoms with van der Waals surface area (Å²) >= 11 is 0. The molecule has 4 aromatic carbocycles. The van der Waals surface area contributed by atoms with Crippen LogP contribution in [0.1, 0.15) is 36.8 Å². The van der Waals surface area contributed by atoms with Crippen LogP contribution in [0.3, 0.4) is 0 Å². The first-order valence-corrected chi connectivity index (χ1v) is 33.2. The number of benzene rings is 4. The van der Waals surface area contributed by atoms with Crippen molar-refractivity contribution in [1.82, 2.24) is 30.4 Å². The Bertz CT molecular complexity index is 4310. The summed E-state index contributed by atoms with van der Waals surface area (Å²) in [4.78, 5) is 74.2. The number of nitrogens with zero attached hydrogens (tertiary/aromatic N) is 4. The maximum absolute atomic E-state index is 13.3. The minimum Gasteiger partial charge on any atom is -0.542 e. The highest BCUT2D eigenvalue weighted by molar-refractivity contribution is 6.22. The molecule has 0 unspecified atom stereocenters. The molecule has 0 saturated carbocycles. The number of alkyl halides is 12. The van der Waals surface area contributed by atoms with Gasteiger partial charge in [-0.1, -0.05) is 0 Å². The number of methoxy groups -OCH3 is 2. The third kappa shape index (κ3) is 19.9. The number of aromatic amines is 2. The van der Waals surface area contributed by atoms with Crippen molar-refractivity contribution in [2.75, 3.05) is 66.7 Å². The molecule has 4 aliphatic heterocycles. The minimum atomic E-state index is -5.19. The fraction of sp³-hybridized carbons (Fsp3) is 0.471. The number of ether oxygens (including phenoxy) is 4. The molecule has 0 aliphatic carbocycles. The van der Waals surface area contributed by atoms with Crippen LogP contribution in [0.4, 0.5) is 52.7 Å². The average Bonchev–Trinajstić information content (AvgIpc) is 1.57. The molecule has 0 radical (unpaired) electrons. The molecule has 8 aromatic rings. The second kappa shape index (κ2) is 34.8. The third-order valence-corrected chi connectivity index (χ3v) is 18.9. The maximum Gasteiger partial charge on any atom is 0.490 e. The summed E-state index contributed by atoms with van der Waals surface area (Å²) in [6.45, 7) is 6.23. The van der Waals surface area contributed by atoms with E-state index in [1.54, 1.807) is 14.2 Å². The van der Waals surface area contributed by atoms with Crippen molar-refractivity contribution in [3.63, 3.8) is 0 Å². The van der Waals surface area contributed by atoms with Crippen molar-refractivity contribution in [3.8, 4) is 11.5 Å². The van der Waals surface area contributed by atoms with Gasteiger partial charge in [0.2, 0.25) is 0 Å². The van der Waals surface area contributed by atoms with Crippen molar-refractivity contribution < 1.29 is 171 Å². The minimum absolute atomic E-state index is 0.0313. The van der Waals surface area contributed by atoms with Gasteiger partial charge < -0.3 is 110 Å². The van der Waals surface area contributed by atoms with E-state index in [-0.39, 0.29) is 13.1 Å². The van der Waals surface area contributed by atoms with Crippen LogP contribution in [0, 0.1) is 11.8 Å². The molecule has 8 atom stereocenters. The molecular weight excluding hydrogens is 1510 g/mol. The molecule has 110 heavy (non-hydrogen) atoms. The number of carbonyl (C=O) groups excluding carboxylic acids is 4. The largest absolute Gasteiger partial charge is 0.542 e. The van der Waals surface area contributed by atoms with E-state index in [2.05, 4.69) is 76.5 Å². The number of carbonyl (C=O) groups is 6. The number of hydrogen-bond donors (Lipinski definition) is 14. The van der Waals surface area contributed by atoms with E-state index in [1.807, 2.05) is 48.5 Å². The number of carboxylic acid groups (broad SMARTS) is 4. The summed E-state index contributed by atoms with van der Waals surface area (Å²) in [5, 5.41) is 127. The molecule has 4 aromatic heterocycles. The number of H-pyrrole nitrogens is 2. The van der Waals surface area contributed by atoms with Crippen LogP contribution < -0.4 is 39.5 Å². The Morgan fingerprint density at radius 1 is 0.536 bits per heavy atom. The van der Waals surface area contributed by atoms with Gasteiger partial charge in [-0.15, -0.1) is 0 Å². The Morgan fingerprint density at radius 3 is 1.13 bits per heavy atom. The van der Waals surface area contributed by atoms with E-state index in [0.717, 1.165) is 129 Å². The molecule has 8 heterocycles. The first-order valence-electron chi connectivity index (χ1n) is 33.2. The van der Waals surface area contributed by atoms with Gasteiger partial charge >= 0.3 is 36.6 Å². The highest BCUT2D eigenvalue weighted by Crippen LogP contribution is 2.40. The summed E-state index contributed by atoms with van der Waals surface area (Å²) < 4.78 is 153. The second-order valence-corrected chi connectivity index (χ2v) is 25.9. The van der Waals surface area contributed by atoms with Gasteiger partial charge in [-0.25, -0.2) is 18.7 Å². The molecule has 30 nitrogen and oxygen atoms in total. The van der Waals surface area contributed by atoms with Crippen LogP contribution in [-0.4, -0.2) is 246 Å². The van der Waals surface area contributed by atoms with Gasteiger partial charge in [-0.05, 0) is 134 Å². The highest BCUT2D eigenvalue weighted by atomic mass is 19.4. The standard InChI is InChI=1S/C60H70N8O14.4C2HF3O2/c1-79-39-3-5-45-41(25-39)49-43-29-67(17-11-35(43)23-37(51(49)63-45)27-61-57(75)59(77)55(73)53(71)47(31-69)81-59)21-19-65-13-7-33(8-14-65)34-9-15-66(16-10-34)20-22-68-18-12-36-24-38(28-62-58(76)60(78)56(74)54(72)48(32-70)82-60)52-50(44(36)30-68)42-26-40(80-2)4-6-46(42)64-52;4*3-2(4,5)1(6)7/h3-6,11-12,17-18,23-26,29-30,33-34,47-48,53-56,69-74,77-78H,7-10,13-16,19-22,27-28,31-32H2,1-2H3,(H2,61,62,75,76);4*(H,6,7)/t47-,48-,53+,54+,55-,56-,59-,60-;;;;/m1..../s1. The zero-order chi connectivity index (χ0) is 81.5. The molecule has 42 heteroatoms. The number of aliphatic hydroxyl groups excluding tert-OH is 6. The summed E-state index contributed by atoms with van der Waals surface area (Å²) in [5.41, 5.74) is 4.80. The van der Waals surface area contributed by atoms with E-state index in [0.29, 0.717) is 23.3 Å². The fourth-order valence-electron chi connectivity index (χ4n) is 13.2. The topological polar surface area (TPSA) is 458 Å². The van der Waals surface area contributed by atoms with Gasteiger partial charge in [0, 0.05) is 57.8 Å². The van der Waals surface area contributed by atoms with Crippen LogP contribution >= 0.6 is 0 Å². The SMILES string of the molecule is COc1ccc2[nH]c3c(CNC(=O)[C@]4(O)O[C@H](CO)[C@H](O)[C@H]4O)cc4cc[n+](CCN5CCC(C6CCN(CC[n+]7ccc8cc(CNC(=O)[C@]9(O)O[C@H](CO)[C@H](O)[C@H]9O)c9[nH]c%10ccc(OC)cc%10c9c8c7)CC6)CC5)cc4c3c2c1.O=C(O)C(F)(F)F.O=C(O)C(F)(F)F.O=C([O-])C(F)(F)F.O=C([O-])C(F)(F)F. The lowest BCUT2D eigenvalue weighted by Gasteiger charge is -2.39. The predicted octanol–water partition coefficient (Wildman–Crippen LogP) is 0.678. The molecule has 0 spiro atoms. The number of piperidine rings is 2. The number of hydrogen-bond acceptors (Lipinski definition) is 22. The zero-order valence-electron chi connectivity index (χ0n) is 57.7. The number of aromatic nitrogens is 4. The van der Waals surface area contributed by atoms with Crippen molar-refractivity contribution in [2.45, 2.75) is 125 Å². The number of aliphatic carboxylic acids is 4. The summed E-state index contributed by atoms with van der Waals surface area (Å²) in [7, 11) is 3.25. The van der Waals surface area contributed by atoms with E-state index in [9.17, 15) is 103 Å². The lowest BCUT2D eigenvalue weighted by Crippen LogP contribution is -2.54. The Balaban J connectivity index is 0.000000462. The monoisotopic (exact) mass is 1580 g/mol.